The summed E-state index contributed by atoms with van der Waals surface area (Å²) in [5.74, 6) is -0.403. The Hall–Kier alpha value is -2.95. The number of carbonyl (C=O) groups excluding carboxylic acids is 3. The summed E-state index contributed by atoms with van der Waals surface area (Å²) < 4.78 is 0. The van der Waals surface area contributed by atoms with Gasteiger partial charge in [0.2, 0.25) is 0 Å². The van der Waals surface area contributed by atoms with Crippen LogP contribution in [0, 0.1) is 0 Å². The zero-order chi connectivity index (χ0) is 19.1. The Kier molecular flexibility index (Phi) is 6.67. The minimum atomic E-state index is -0.288. The third-order valence-electron chi connectivity index (χ3n) is 4.11. The van der Waals surface area contributed by atoms with Gasteiger partial charge in [0.15, 0.2) is 5.78 Å². The molecule has 0 radical (unpaired) electrons. The molecule has 0 atom stereocenters. The summed E-state index contributed by atoms with van der Waals surface area (Å²) in [6.07, 6.45) is 1.99. The number of hydrogen-bond donors (Lipinski definition) is 1. The van der Waals surface area contributed by atoms with Crippen LogP contribution >= 0.6 is 0 Å². The molecule has 2 amide bonds. The molecular weight excluding hydrogens is 328 g/mol. The Morgan fingerprint density at radius 2 is 1.62 bits per heavy atom. The molecule has 2 aromatic rings. The van der Waals surface area contributed by atoms with Gasteiger partial charge in [0, 0.05) is 36.0 Å². The maximum Gasteiger partial charge on any atom is 0.255 e. The molecule has 0 aliphatic carbocycles. The number of hydrogen-bond acceptors (Lipinski definition) is 3. The number of nitrogens with zero attached hydrogens (tertiary/aromatic N) is 1. The van der Waals surface area contributed by atoms with E-state index in [0.29, 0.717) is 28.9 Å². The zero-order valence-corrected chi connectivity index (χ0v) is 15.4. The van der Waals surface area contributed by atoms with E-state index in [9.17, 15) is 14.4 Å². The Labute approximate surface area is 154 Å². The number of Topliss-reactive ketones (excluding diaryl/α,β-unsaturated/α-hetero) is 1. The molecule has 0 unspecified atom stereocenters. The van der Waals surface area contributed by atoms with Crippen molar-refractivity contribution in [3.05, 3.63) is 65.2 Å². The lowest BCUT2D eigenvalue weighted by Gasteiger charge is -2.16. The number of carbonyl (C=O) groups is 3. The third-order valence-corrected chi connectivity index (χ3v) is 4.11. The van der Waals surface area contributed by atoms with Crippen LogP contribution in [-0.4, -0.2) is 36.1 Å². The largest absolute Gasteiger partial charge is 0.342 e. The van der Waals surface area contributed by atoms with Gasteiger partial charge in [0.25, 0.3) is 11.8 Å². The molecule has 0 fully saturated rings. The molecule has 26 heavy (non-hydrogen) atoms. The minimum Gasteiger partial charge on any atom is -0.342 e. The molecule has 5 nitrogen and oxygen atoms in total. The van der Waals surface area contributed by atoms with Gasteiger partial charge in [-0.15, -0.1) is 0 Å². The van der Waals surface area contributed by atoms with E-state index in [-0.39, 0.29) is 17.6 Å². The van der Waals surface area contributed by atoms with Crippen LogP contribution < -0.4 is 5.32 Å². The molecule has 0 aliphatic heterocycles. The fourth-order valence-electron chi connectivity index (χ4n) is 2.50. The number of amides is 2. The van der Waals surface area contributed by atoms with Crippen molar-refractivity contribution >= 4 is 23.3 Å². The molecule has 136 valence electrons. The van der Waals surface area contributed by atoms with Crippen molar-refractivity contribution < 1.29 is 14.4 Å². The monoisotopic (exact) mass is 352 g/mol. The fourth-order valence-corrected chi connectivity index (χ4v) is 2.50. The first kappa shape index (κ1) is 19.4. The van der Waals surface area contributed by atoms with Crippen molar-refractivity contribution in [3.63, 3.8) is 0 Å². The topological polar surface area (TPSA) is 66.5 Å². The highest BCUT2D eigenvalue weighted by molar-refractivity contribution is 6.05. The fraction of sp³-hybridized carbons (Fsp3) is 0.286. The van der Waals surface area contributed by atoms with E-state index in [1.807, 2.05) is 0 Å². The first-order valence-corrected chi connectivity index (χ1v) is 8.70. The van der Waals surface area contributed by atoms with Gasteiger partial charge in [0.05, 0.1) is 0 Å². The summed E-state index contributed by atoms with van der Waals surface area (Å²) in [5, 5.41) is 2.77. The van der Waals surface area contributed by atoms with Gasteiger partial charge in [-0.25, -0.2) is 0 Å². The average molecular weight is 352 g/mol. The van der Waals surface area contributed by atoms with Crippen LogP contribution in [0.15, 0.2) is 48.5 Å². The van der Waals surface area contributed by atoms with E-state index >= 15 is 0 Å². The summed E-state index contributed by atoms with van der Waals surface area (Å²) in [7, 11) is 1.78. The van der Waals surface area contributed by atoms with Crippen molar-refractivity contribution in [1.29, 1.82) is 0 Å². The lowest BCUT2D eigenvalue weighted by Crippen LogP contribution is -2.27. The molecule has 0 bridgehead atoms. The van der Waals surface area contributed by atoms with E-state index in [1.54, 1.807) is 60.5 Å². The van der Waals surface area contributed by atoms with E-state index in [2.05, 4.69) is 12.2 Å². The molecule has 0 heterocycles. The Morgan fingerprint density at radius 1 is 0.962 bits per heavy atom. The molecule has 0 saturated heterocycles. The highest BCUT2D eigenvalue weighted by Gasteiger charge is 2.13. The second-order valence-corrected chi connectivity index (χ2v) is 6.25. The van der Waals surface area contributed by atoms with E-state index < -0.39 is 0 Å². The number of ketones is 1. The Bertz CT molecular complexity index is 797. The summed E-state index contributed by atoms with van der Waals surface area (Å²) in [4.78, 5) is 37.8. The summed E-state index contributed by atoms with van der Waals surface area (Å²) in [6.45, 7) is 4.27. The first-order chi connectivity index (χ1) is 12.4. The van der Waals surface area contributed by atoms with Crippen LogP contribution in [0.2, 0.25) is 0 Å². The van der Waals surface area contributed by atoms with Crippen molar-refractivity contribution in [2.45, 2.75) is 26.7 Å². The van der Waals surface area contributed by atoms with Gasteiger partial charge < -0.3 is 10.2 Å². The average Bonchev–Trinajstić information content (AvgIpc) is 2.65. The van der Waals surface area contributed by atoms with Crippen molar-refractivity contribution in [3.8, 4) is 0 Å². The number of rotatable bonds is 7. The highest BCUT2D eigenvalue weighted by atomic mass is 16.2. The van der Waals surface area contributed by atoms with E-state index in [1.165, 1.54) is 6.92 Å². The molecule has 2 rings (SSSR count). The van der Waals surface area contributed by atoms with Gasteiger partial charge in [-0.3, -0.25) is 14.4 Å². The van der Waals surface area contributed by atoms with Gasteiger partial charge in [-0.05, 0) is 49.7 Å². The standard InChI is InChI=1S/C21H24N2O3/c1-4-5-13-23(3)21(26)17-11-9-16(10-12-17)20(25)22-19-8-6-7-18(14-19)15(2)24/h6-12,14H,4-5,13H2,1-3H3,(H,22,25). The molecule has 0 spiro atoms. The number of nitrogens with one attached hydrogen (secondary N) is 1. The maximum atomic E-state index is 12.4. The van der Waals surface area contributed by atoms with Crippen LogP contribution in [0.1, 0.15) is 57.8 Å². The molecular formula is C21H24N2O3. The molecule has 0 saturated carbocycles. The minimum absolute atomic E-state index is 0.0560. The number of benzene rings is 2. The lowest BCUT2D eigenvalue weighted by atomic mass is 10.1. The molecule has 1 N–H and O–H groups in total. The van der Waals surface area contributed by atoms with Gasteiger partial charge in [0.1, 0.15) is 0 Å². The molecule has 5 heteroatoms. The van der Waals surface area contributed by atoms with Crippen LogP contribution in [-0.2, 0) is 0 Å². The summed E-state index contributed by atoms with van der Waals surface area (Å²) in [6, 6.07) is 13.4. The normalized spacial score (nSPS) is 10.3. The molecule has 2 aromatic carbocycles. The molecule has 0 aromatic heterocycles. The van der Waals surface area contributed by atoms with Crippen molar-refractivity contribution in [2.75, 3.05) is 18.9 Å². The van der Waals surface area contributed by atoms with Crippen LogP contribution in [0.5, 0.6) is 0 Å². The third kappa shape index (κ3) is 5.02. The van der Waals surface area contributed by atoms with Crippen LogP contribution in [0.25, 0.3) is 0 Å². The van der Waals surface area contributed by atoms with Gasteiger partial charge in [-0.1, -0.05) is 25.5 Å². The summed E-state index contributed by atoms with van der Waals surface area (Å²) in [5.41, 5.74) is 2.10. The van der Waals surface area contributed by atoms with Gasteiger partial charge in [-0.2, -0.15) is 0 Å². The molecule has 0 aliphatic rings. The lowest BCUT2D eigenvalue weighted by molar-refractivity contribution is 0.0792. The quantitative estimate of drug-likeness (QED) is 0.766. The Morgan fingerprint density at radius 3 is 2.23 bits per heavy atom. The predicted octanol–water partition coefficient (Wildman–Crippen LogP) is 4.01. The first-order valence-electron chi connectivity index (χ1n) is 8.70. The SMILES string of the molecule is CCCCN(C)C(=O)c1ccc(C(=O)Nc2cccc(C(C)=O)c2)cc1. The second kappa shape index (κ2) is 8.94. The Balaban J connectivity index is 2.05. The number of anilines is 1. The van der Waals surface area contributed by atoms with Crippen LogP contribution in [0.3, 0.4) is 0 Å². The summed E-state index contributed by atoms with van der Waals surface area (Å²) >= 11 is 0. The van der Waals surface area contributed by atoms with Crippen molar-refractivity contribution in [2.24, 2.45) is 0 Å². The van der Waals surface area contributed by atoms with Crippen LogP contribution in [0.4, 0.5) is 5.69 Å². The maximum absolute atomic E-state index is 12.4. The van der Waals surface area contributed by atoms with Crippen molar-refractivity contribution in [1.82, 2.24) is 4.90 Å². The number of unbranched alkanes of at least 4 members (excludes halogenated alkanes) is 1. The highest BCUT2D eigenvalue weighted by Crippen LogP contribution is 2.14. The second-order valence-electron chi connectivity index (χ2n) is 6.25. The van der Waals surface area contributed by atoms with E-state index in [0.717, 1.165) is 12.8 Å². The zero-order valence-electron chi connectivity index (χ0n) is 15.4. The van der Waals surface area contributed by atoms with Gasteiger partial charge >= 0.3 is 0 Å². The van der Waals surface area contributed by atoms with E-state index in [4.69, 9.17) is 0 Å². The smallest absolute Gasteiger partial charge is 0.255 e. The predicted molar refractivity (Wildman–Crippen MR) is 103 cm³/mol.